The van der Waals surface area contributed by atoms with Gasteiger partial charge in [-0.05, 0) is 12.3 Å². The number of carbonyl (C=O) groups is 2. The topological polar surface area (TPSA) is 75.6 Å². The third kappa shape index (κ3) is 4.11. The van der Waals surface area contributed by atoms with Crippen LogP contribution in [-0.2, 0) is 9.53 Å². The molecule has 5 heteroatoms. The maximum absolute atomic E-state index is 11.0. The highest BCUT2D eigenvalue weighted by molar-refractivity contribution is 5.80. The summed E-state index contributed by atoms with van der Waals surface area (Å²) in [6, 6.07) is -0.943. The first-order chi connectivity index (χ1) is 6.29. The minimum Gasteiger partial charge on any atom is -0.480 e. The van der Waals surface area contributed by atoms with Gasteiger partial charge in [-0.25, -0.2) is 9.59 Å². The Hall–Kier alpha value is -1.26. The fourth-order valence-corrected chi connectivity index (χ4v) is 0.939. The third-order valence-electron chi connectivity index (χ3n) is 1.65. The van der Waals surface area contributed by atoms with Crippen molar-refractivity contribution in [3.8, 4) is 0 Å². The van der Waals surface area contributed by atoms with E-state index in [1.807, 2.05) is 0 Å². The van der Waals surface area contributed by atoms with Crippen LogP contribution < -0.4 is 5.32 Å². The van der Waals surface area contributed by atoms with Crippen LogP contribution in [0.1, 0.15) is 27.7 Å². The van der Waals surface area contributed by atoms with E-state index in [4.69, 9.17) is 5.11 Å². The van der Waals surface area contributed by atoms with Crippen LogP contribution in [0.5, 0.6) is 0 Å². The number of aliphatic carboxylic acids is 1. The molecule has 0 aliphatic rings. The molecule has 0 fully saturated rings. The molecule has 5 nitrogen and oxygen atoms in total. The molecule has 0 rings (SSSR count). The summed E-state index contributed by atoms with van der Waals surface area (Å²) < 4.78 is 4.60. The molecule has 0 saturated carbocycles. The van der Waals surface area contributed by atoms with E-state index >= 15 is 0 Å². The molecule has 1 amide bonds. The Labute approximate surface area is 83.4 Å². The van der Waals surface area contributed by atoms with Crippen molar-refractivity contribution < 1.29 is 19.4 Å². The van der Waals surface area contributed by atoms with Crippen LogP contribution in [0.15, 0.2) is 0 Å². The lowest BCUT2D eigenvalue weighted by atomic mass is 9.87. The lowest BCUT2D eigenvalue weighted by Gasteiger charge is -2.27. The summed E-state index contributed by atoms with van der Waals surface area (Å²) in [5.41, 5.74) is -0.543. The molecule has 0 aliphatic heterocycles. The molecule has 0 bridgehead atoms. The molecule has 14 heavy (non-hydrogen) atoms. The molecule has 82 valence electrons. The van der Waals surface area contributed by atoms with E-state index in [9.17, 15) is 9.59 Å². The van der Waals surface area contributed by atoms with Gasteiger partial charge in [0, 0.05) is 0 Å². The second-order valence-electron chi connectivity index (χ2n) is 4.00. The first-order valence-corrected chi connectivity index (χ1v) is 4.45. The number of amides is 1. The van der Waals surface area contributed by atoms with Gasteiger partial charge >= 0.3 is 12.1 Å². The van der Waals surface area contributed by atoms with Crippen molar-refractivity contribution in [2.24, 2.45) is 5.41 Å². The average molecular weight is 203 g/mol. The highest BCUT2D eigenvalue weighted by atomic mass is 16.5. The zero-order chi connectivity index (χ0) is 11.4. The number of hydrogen-bond acceptors (Lipinski definition) is 3. The van der Waals surface area contributed by atoms with Crippen LogP contribution >= 0.6 is 0 Å². The second-order valence-corrected chi connectivity index (χ2v) is 4.00. The standard InChI is InChI=1S/C9H17NO4/c1-5-14-8(13)10-6(7(11)12)9(2,3)4/h6H,5H2,1-4H3,(H,10,13)(H,11,12)/t6-/m1/s1. The van der Waals surface area contributed by atoms with Gasteiger partial charge in [0.25, 0.3) is 0 Å². The van der Waals surface area contributed by atoms with Crippen molar-refractivity contribution in [2.45, 2.75) is 33.7 Å². The maximum Gasteiger partial charge on any atom is 0.407 e. The number of alkyl carbamates (subject to hydrolysis) is 1. The van der Waals surface area contributed by atoms with Crippen LogP contribution in [0.4, 0.5) is 4.79 Å². The van der Waals surface area contributed by atoms with E-state index in [0.717, 1.165) is 0 Å². The largest absolute Gasteiger partial charge is 0.480 e. The summed E-state index contributed by atoms with van der Waals surface area (Å²) >= 11 is 0. The first kappa shape index (κ1) is 12.7. The van der Waals surface area contributed by atoms with Gasteiger partial charge in [-0.2, -0.15) is 0 Å². The zero-order valence-electron chi connectivity index (χ0n) is 8.96. The van der Waals surface area contributed by atoms with Crippen LogP contribution in [-0.4, -0.2) is 29.8 Å². The number of ether oxygens (including phenoxy) is 1. The minimum atomic E-state index is -1.06. The number of hydrogen-bond donors (Lipinski definition) is 2. The Morgan fingerprint density at radius 1 is 1.43 bits per heavy atom. The van der Waals surface area contributed by atoms with Crippen LogP contribution in [0.3, 0.4) is 0 Å². The van der Waals surface area contributed by atoms with Crippen molar-refractivity contribution >= 4 is 12.1 Å². The quantitative estimate of drug-likeness (QED) is 0.723. The van der Waals surface area contributed by atoms with Gasteiger partial charge in [-0.15, -0.1) is 0 Å². The molecular formula is C9H17NO4. The smallest absolute Gasteiger partial charge is 0.407 e. The molecule has 0 heterocycles. The van der Waals surface area contributed by atoms with Gasteiger partial charge < -0.3 is 15.2 Å². The first-order valence-electron chi connectivity index (χ1n) is 4.45. The maximum atomic E-state index is 11.0. The molecule has 0 unspecified atom stereocenters. The molecule has 0 aliphatic carbocycles. The number of carboxylic acid groups (broad SMARTS) is 1. The average Bonchev–Trinajstić information content (AvgIpc) is 1.98. The Kier molecular flexibility index (Phi) is 4.40. The summed E-state index contributed by atoms with van der Waals surface area (Å²) in [7, 11) is 0. The lowest BCUT2D eigenvalue weighted by molar-refractivity contribution is -0.142. The van der Waals surface area contributed by atoms with Gasteiger partial charge in [-0.3, -0.25) is 0 Å². The molecule has 2 N–H and O–H groups in total. The molecular weight excluding hydrogens is 186 g/mol. The molecule has 0 spiro atoms. The van der Waals surface area contributed by atoms with Gasteiger partial charge in [0.1, 0.15) is 6.04 Å². The van der Waals surface area contributed by atoms with Crippen LogP contribution in [0.2, 0.25) is 0 Å². The van der Waals surface area contributed by atoms with Crippen molar-refractivity contribution in [1.82, 2.24) is 5.32 Å². The van der Waals surface area contributed by atoms with Gasteiger partial charge in [0.15, 0.2) is 0 Å². The van der Waals surface area contributed by atoms with E-state index in [1.165, 1.54) is 0 Å². The third-order valence-corrected chi connectivity index (χ3v) is 1.65. The van der Waals surface area contributed by atoms with E-state index in [-0.39, 0.29) is 6.61 Å². The number of rotatable bonds is 3. The lowest BCUT2D eigenvalue weighted by Crippen LogP contribution is -2.49. The number of carboxylic acids is 1. The fraction of sp³-hybridized carbons (Fsp3) is 0.778. The van der Waals surface area contributed by atoms with Crippen LogP contribution in [0, 0.1) is 5.41 Å². The van der Waals surface area contributed by atoms with E-state index < -0.39 is 23.5 Å². The molecule has 0 saturated heterocycles. The number of nitrogens with one attached hydrogen (secondary N) is 1. The highest BCUT2D eigenvalue weighted by Gasteiger charge is 2.32. The molecule has 0 aromatic rings. The van der Waals surface area contributed by atoms with Crippen molar-refractivity contribution in [2.75, 3.05) is 6.61 Å². The molecule has 0 aromatic heterocycles. The monoisotopic (exact) mass is 203 g/mol. The fourth-order valence-electron chi connectivity index (χ4n) is 0.939. The van der Waals surface area contributed by atoms with Gasteiger partial charge in [0.2, 0.25) is 0 Å². The Balaban J connectivity index is 4.40. The predicted molar refractivity (Wildman–Crippen MR) is 51.0 cm³/mol. The van der Waals surface area contributed by atoms with E-state index in [0.29, 0.717) is 0 Å². The Morgan fingerprint density at radius 3 is 2.21 bits per heavy atom. The summed E-state index contributed by atoms with van der Waals surface area (Å²) in [5.74, 6) is -1.06. The predicted octanol–water partition coefficient (Wildman–Crippen LogP) is 1.23. The Morgan fingerprint density at radius 2 is 1.93 bits per heavy atom. The highest BCUT2D eigenvalue weighted by Crippen LogP contribution is 2.19. The normalized spacial score (nSPS) is 13.1. The van der Waals surface area contributed by atoms with Crippen molar-refractivity contribution in [3.63, 3.8) is 0 Å². The number of carbonyl (C=O) groups excluding carboxylic acids is 1. The van der Waals surface area contributed by atoms with Gasteiger partial charge in [0.05, 0.1) is 6.61 Å². The summed E-state index contributed by atoms with van der Waals surface area (Å²) in [5, 5.41) is 11.2. The Bertz CT molecular complexity index is 219. The summed E-state index contributed by atoms with van der Waals surface area (Å²) in [6.45, 7) is 7.09. The van der Waals surface area contributed by atoms with Gasteiger partial charge in [-0.1, -0.05) is 20.8 Å². The van der Waals surface area contributed by atoms with Crippen molar-refractivity contribution in [3.05, 3.63) is 0 Å². The summed E-state index contributed by atoms with van der Waals surface area (Å²) in [4.78, 5) is 21.8. The SMILES string of the molecule is CCOC(=O)N[C@H](C(=O)O)C(C)(C)C. The van der Waals surface area contributed by atoms with E-state index in [1.54, 1.807) is 27.7 Å². The molecule has 1 atom stereocenters. The minimum absolute atomic E-state index is 0.225. The van der Waals surface area contributed by atoms with Crippen molar-refractivity contribution in [1.29, 1.82) is 0 Å². The van der Waals surface area contributed by atoms with Crippen LogP contribution in [0.25, 0.3) is 0 Å². The summed E-state index contributed by atoms with van der Waals surface area (Å²) in [6.07, 6.45) is -0.699. The molecule has 0 aromatic carbocycles. The second kappa shape index (κ2) is 4.83. The van der Waals surface area contributed by atoms with E-state index in [2.05, 4.69) is 10.1 Å². The zero-order valence-corrected chi connectivity index (χ0v) is 8.96. The molecule has 0 radical (unpaired) electrons.